The van der Waals surface area contributed by atoms with E-state index < -0.39 is 22.5 Å². The molecule has 1 aliphatic rings. The van der Waals surface area contributed by atoms with Gasteiger partial charge in [-0.1, -0.05) is 92.7 Å². The van der Waals surface area contributed by atoms with Gasteiger partial charge < -0.3 is 10.0 Å². The minimum atomic E-state index is -1.91. The normalized spacial score (nSPS) is 16.8. The highest BCUT2D eigenvalue weighted by Crippen LogP contribution is 2.46. The molecule has 2 unspecified atom stereocenters. The Bertz CT molecular complexity index is 1440. The lowest BCUT2D eigenvalue weighted by Gasteiger charge is -2.24. The standard InChI is InChI=1S/C29H25ClN2O3S.C2H6/c1-3-5-7-21(6-4-2)22-10-8-20(9-11-22)19-32-27-18-24(30)14-17-26(27)29(34,28(32)33)23-12-15-25(16-13-23)36(31)35;1-2/h3-6,8-18,34H,1,19,31H2,2H3;1-2H3/b6-4-;. The van der Waals surface area contributed by atoms with Crippen molar-refractivity contribution in [2.75, 3.05) is 4.90 Å². The van der Waals surface area contributed by atoms with Crippen molar-refractivity contribution < 1.29 is 14.1 Å². The number of halogens is 1. The number of carbonyl (C=O) groups excluding carboxylic acids is 1. The first kappa shape index (κ1) is 29.1. The lowest BCUT2D eigenvalue weighted by atomic mass is 9.87. The molecule has 3 N–H and O–H groups in total. The Balaban J connectivity index is 0.00000195. The summed E-state index contributed by atoms with van der Waals surface area (Å²) in [4.78, 5) is 15.6. The van der Waals surface area contributed by atoms with E-state index in [1.54, 1.807) is 54.6 Å². The van der Waals surface area contributed by atoms with Gasteiger partial charge in [0.05, 0.1) is 17.1 Å². The van der Waals surface area contributed by atoms with Crippen molar-refractivity contribution in [1.82, 2.24) is 0 Å². The van der Waals surface area contributed by atoms with E-state index in [1.807, 2.05) is 57.2 Å². The lowest BCUT2D eigenvalue weighted by molar-refractivity contribution is -0.132. The minimum absolute atomic E-state index is 0.241. The summed E-state index contributed by atoms with van der Waals surface area (Å²) in [5.41, 5.74) is 5.37. The van der Waals surface area contributed by atoms with Crippen LogP contribution in [0.5, 0.6) is 0 Å². The maximum Gasteiger partial charge on any atom is 0.268 e. The van der Waals surface area contributed by atoms with Gasteiger partial charge in [0.15, 0.2) is 5.60 Å². The highest BCUT2D eigenvalue weighted by Gasteiger charge is 2.51. The van der Waals surface area contributed by atoms with E-state index in [0.717, 1.165) is 16.7 Å². The largest absolute Gasteiger partial charge is 0.372 e. The first-order valence-corrected chi connectivity index (χ1v) is 13.8. The quantitative estimate of drug-likeness (QED) is 0.264. The molecule has 1 heterocycles. The third-order valence-corrected chi connectivity index (χ3v) is 6.97. The van der Waals surface area contributed by atoms with Gasteiger partial charge in [0.25, 0.3) is 5.91 Å². The van der Waals surface area contributed by atoms with E-state index in [2.05, 4.69) is 12.3 Å². The number of nitrogens with two attached hydrogens (primary N) is 1. The smallest absolute Gasteiger partial charge is 0.268 e. The second kappa shape index (κ2) is 12.8. The highest BCUT2D eigenvalue weighted by molar-refractivity contribution is 7.82. The molecule has 0 aromatic heterocycles. The van der Waals surface area contributed by atoms with Gasteiger partial charge in [-0.15, -0.1) is 5.73 Å². The van der Waals surface area contributed by atoms with Crippen LogP contribution >= 0.6 is 11.6 Å². The lowest BCUT2D eigenvalue weighted by Crippen LogP contribution is -2.40. The summed E-state index contributed by atoms with van der Waals surface area (Å²) in [6.45, 7) is 9.87. The van der Waals surface area contributed by atoms with Crippen LogP contribution in [0.15, 0.2) is 108 Å². The second-order valence-electron chi connectivity index (χ2n) is 8.24. The molecule has 196 valence electrons. The van der Waals surface area contributed by atoms with Gasteiger partial charge in [0.2, 0.25) is 0 Å². The Kier molecular flexibility index (Phi) is 9.81. The molecular weight excluding hydrogens is 516 g/mol. The van der Waals surface area contributed by atoms with Gasteiger partial charge in [-0.3, -0.25) is 4.79 Å². The molecular formula is C31H31ClN2O3S. The highest BCUT2D eigenvalue weighted by atomic mass is 35.5. The molecule has 0 saturated heterocycles. The summed E-state index contributed by atoms with van der Waals surface area (Å²) < 4.78 is 11.6. The molecule has 38 heavy (non-hydrogen) atoms. The third kappa shape index (κ3) is 5.81. The van der Waals surface area contributed by atoms with Gasteiger partial charge in [-0.2, -0.15) is 0 Å². The van der Waals surface area contributed by atoms with Crippen LogP contribution in [0.3, 0.4) is 0 Å². The summed E-state index contributed by atoms with van der Waals surface area (Å²) in [5, 5.41) is 17.6. The third-order valence-electron chi connectivity index (χ3n) is 6.00. The van der Waals surface area contributed by atoms with E-state index in [4.69, 9.17) is 16.7 Å². The molecule has 2 atom stereocenters. The molecule has 7 heteroatoms. The predicted molar refractivity (Wildman–Crippen MR) is 157 cm³/mol. The average molecular weight is 547 g/mol. The van der Waals surface area contributed by atoms with Crippen molar-refractivity contribution in [1.29, 1.82) is 0 Å². The monoisotopic (exact) mass is 546 g/mol. The fraction of sp³-hybridized carbons (Fsp3) is 0.161. The molecule has 5 nitrogen and oxygen atoms in total. The van der Waals surface area contributed by atoms with Crippen molar-refractivity contribution in [2.24, 2.45) is 5.14 Å². The number of amides is 1. The van der Waals surface area contributed by atoms with Crippen LogP contribution in [-0.2, 0) is 27.9 Å². The Hall–Kier alpha value is -3.51. The summed E-state index contributed by atoms with van der Waals surface area (Å²) in [5.74, 6) is -0.492. The number of nitrogens with zero attached hydrogens (tertiary/aromatic N) is 1. The zero-order valence-corrected chi connectivity index (χ0v) is 23.2. The van der Waals surface area contributed by atoms with E-state index in [0.29, 0.717) is 26.7 Å². The zero-order chi connectivity index (χ0) is 27.9. The van der Waals surface area contributed by atoms with Crippen LogP contribution in [0.4, 0.5) is 5.69 Å². The number of hydrogen-bond acceptors (Lipinski definition) is 3. The number of aliphatic hydroxyl groups is 1. The van der Waals surface area contributed by atoms with E-state index in [1.165, 1.54) is 4.90 Å². The van der Waals surface area contributed by atoms with Gasteiger partial charge in [-0.05, 0) is 54.0 Å². The Morgan fingerprint density at radius 1 is 1.13 bits per heavy atom. The minimum Gasteiger partial charge on any atom is -0.372 e. The first-order chi connectivity index (χ1) is 18.3. The van der Waals surface area contributed by atoms with Gasteiger partial charge in [0, 0.05) is 16.2 Å². The Morgan fingerprint density at radius 3 is 2.37 bits per heavy atom. The Morgan fingerprint density at radius 2 is 1.79 bits per heavy atom. The fourth-order valence-electron chi connectivity index (χ4n) is 4.24. The van der Waals surface area contributed by atoms with E-state index in [9.17, 15) is 14.1 Å². The van der Waals surface area contributed by atoms with Crippen molar-refractivity contribution in [3.63, 3.8) is 0 Å². The van der Waals surface area contributed by atoms with Crippen LogP contribution in [-0.4, -0.2) is 15.2 Å². The molecule has 0 radical (unpaired) electrons. The van der Waals surface area contributed by atoms with Crippen LogP contribution in [0.2, 0.25) is 5.02 Å². The topological polar surface area (TPSA) is 83.6 Å². The van der Waals surface area contributed by atoms with Crippen molar-refractivity contribution in [2.45, 2.75) is 37.8 Å². The maximum absolute atomic E-state index is 13.7. The predicted octanol–water partition coefficient (Wildman–Crippen LogP) is 6.43. The van der Waals surface area contributed by atoms with E-state index in [-0.39, 0.29) is 6.54 Å². The average Bonchev–Trinajstić information content (AvgIpc) is 3.14. The number of allylic oxidation sites excluding steroid dienone is 4. The van der Waals surface area contributed by atoms with Crippen LogP contribution in [0, 0.1) is 0 Å². The molecule has 1 amide bonds. The van der Waals surface area contributed by atoms with E-state index >= 15 is 0 Å². The summed E-state index contributed by atoms with van der Waals surface area (Å²) in [6.07, 6.45) is 7.33. The number of anilines is 1. The molecule has 0 saturated carbocycles. The summed E-state index contributed by atoms with van der Waals surface area (Å²) >= 11 is 6.27. The van der Waals surface area contributed by atoms with Crippen LogP contribution in [0.25, 0.3) is 5.57 Å². The number of carbonyl (C=O) groups is 1. The molecule has 0 bridgehead atoms. The molecule has 3 aromatic carbocycles. The van der Waals surface area contributed by atoms with Crippen molar-refractivity contribution >= 4 is 39.8 Å². The van der Waals surface area contributed by atoms with Gasteiger partial charge in [-0.25, -0.2) is 9.35 Å². The summed E-state index contributed by atoms with van der Waals surface area (Å²) in [6, 6.07) is 19.0. The summed E-state index contributed by atoms with van der Waals surface area (Å²) in [7, 11) is -1.66. The SMILES string of the molecule is C=CC=C=C(/C=C\C)c1ccc(CN2C(=O)C(O)(c3ccc(S(N)=O)cc3)c3ccc(Cl)cc32)cc1.CC. The number of hydrogen-bond donors (Lipinski definition) is 2. The van der Waals surface area contributed by atoms with Gasteiger partial charge in [0.1, 0.15) is 11.0 Å². The fourth-order valence-corrected chi connectivity index (χ4v) is 4.81. The second-order valence-corrected chi connectivity index (χ2v) is 9.74. The number of fused-ring (bicyclic) bond motifs is 1. The van der Waals surface area contributed by atoms with Crippen LogP contribution in [0.1, 0.15) is 43.0 Å². The maximum atomic E-state index is 13.7. The molecule has 3 aromatic rings. The molecule has 0 aliphatic carbocycles. The zero-order valence-electron chi connectivity index (χ0n) is 21.6. The molecule has 0 fully saturated rings. The first-order valence-electron chi connectivity index (χ1n) is 12.2. The molecule has 0 spiro atoms. The van der Waals surface area contributed by atoms with Crippen LogP contribution < -0.4 is 10.0 Å². The molecule has 4 rings (SSSR count). The Labute approximate surface area is 231 Å². The number of rotatable bonds is 7. The number of benzene rings is 3. The van der Waals surface area contributed by atoms with Crippen molar-refractivity contribution in [3.05, 3.63) is 131 Å². The van der Waals surface area contributed by atoms with Gasteiger partial charge >= 0.3 is 0 Å². The van der Waals surface area contributed by atoms with Crippen molar-refractivity contribution in [3.8, 4) is 0 Å². The molecule has 1 aliphatic heterocycles.